The Labute approximate surface area is 77.6 Å². The van der Waals surface area contributed by atoms with Gasteiger partial charge in [0, 0.05) is 25.5 Å². The van der Waals surface area contributed by atoms with Crippen molar-refractivity contribution in [3.63, 3.8) is 0 Å². The van der Waals surface area contributed by atoms with E-state index in [2.05, 4.69) is 16.9 Å². The van der Waals surface area contributed by atoms with Gasteiger partial charge in [0.15, 0.2) is 5.82 Å². The Bertz CT molecular complexity index is 308. The largest absolute Gasteiger partial charge is 0.352 e. The first kappa shape index (κ1) is 9.77. The van der Waals surface area contributed by atoms with Gasteiger partial charge < -0.3 is 9.88 Å². The van der Waals surface area contributed by atoms with Crippen molar-refractivity contribution >= 4 is 5.82 Å². The van der Waals surface area contributed by atoms with Crippen LogP contribution < -0.4 is 10.5 Å². The van der Waals surface area contributed by atoms with Gasteiger partial charge in [-0.15, -0.1) is 0 Å². The monoisotopic (exact) mass is 181 g/mol. The van der Waals surface area contributed by atoms with Crippen molar-refractivity contribution in [3.05, 3.63) is 22.7 Å². The zero-order valence-corrected chi connectivity index (χ0v) is 8.08. The molecule has 13 heavy (non-hydrogen) atoms. The van der Waals surface area contributed by atoms with Crippen molar-refractivity contribution in [1.82, 2.24) is 9.97 Å². The summed E-state index contributed by atoms with van der Waals surface area (Å²) >= 11 is 0. The second kappa shape index (κ2) is 4.64. The Balaban J connectivity index is 2.91. The highest BCUT2D eigenvalue weighted by Crippen LogP contribution is 2.01. The molecule has 1 heterocycles. The van der Waals surface area contributed by atoms with Crippen molar-refractivity contribution in [2.24, 2.45) is 0 Å². The second-order valence-corrected chi connectivity index (χ2v) is 2.82. The van der Waals surface area contributed by atoms with Gasteiger partial charge in [0.2, 0.25) is 0 Å². The summed E-state index contributed by atoms with van der Waals surface area (Å²) in [6.45, 7) is 5.79. The fraction of sp³-hybridized carbons (Fsp3) is 0.556. The normalized spacial score (nSPS) is 10.0. The minimum atomic E-state index is -0.113. The van der Waals surface area contributed by atoms with Gasteiger partial charge in [-0.3, -0.25) is 4.79 Å². The molecule has 1 aromatic heterocycles. The number of aromatic nitrogens is 2. The fourth-order valence-corrected chi connectivity index (χ4v) is 1.25. The average molecular weight is 181 g/mol. The Kier molecular flexibility index (Phi) is 3.49. The molecular weight excluding hydrogens is 166 g/mol. The molecule has 0 aliphatic heterocycles. The maximum Gasteiger partial charge on any atom is 0.290 e. The molecule has 72 valence electrons. The maximum atomic E-state index is 11.3. The molecule has 0 amide bonds. The lowest BCUT2D eigenvalue weighted by Crippen LogP contribution is -2.30. The number of H-pyrrole nitrogens is 1. The van der Waals surface area contributed by atoms with E-state index in [9.17, 15) is 4.79 Å². The van der Waals surface area contributed by atoms with Crippen molar-refractivity contribution in [2.75, 3.05) is 18.0 Å². The third kappa shape index (κ3) is 2.31. The van der Waals surface area contributed by atoms with Crippen molar-refractivity contribution in [2.45, 2.75) is 20.3 Å². The molecule has 4 heteroatoms. The number of hydrogen-bond donors (Lipinski definition) is 1. The van der Waals surface area contributed by atoms with Gasteiger partial charge in [-0.1, -0.05) is 6.92 Å². The first-order valence-electron chi connectivity index (χ1n) is 4.58. The zero-order chi connectivity index (χ0) is 9.68. The summed E-state index contributed by atoms with van der Waals surface area (Å²) in [5, 5.41) is 0. The second-order valence-electron chi connectivity index (χ2n) is 2.82. The van der Waals surface area contributed by atoms with Crippen LogP contribution in [0.2, 0.25) is 0 Å². The highest BCUT2D eigenvalue weighted by molar-refractivity contribution is 5.34. The van der Waals surface area contributed by atoms with Gasteiger partial charge in [-0.25, -0.2) is 4.98 Å². The predicted octanol–water partition coefficient (Wildman–Crippen LogP) is 1.01. The SMILES string of the molecule is CCCN(CC)c1ncc[nH]c1=O. The summed E-state index contributed by atoms with van der Waals surface area (Å²) in [6, 6.07) is 0. The van der Waals surface area contributed by atoms with Gasteiger partial charge in [0.05, 0.1) is 0 Å². The Hall–Kier alpha value is -1.32. The molecule has 0 aliphatic carbocycles. The molecule has 1 rings (SSSR count). The standard InChI is InChI=1S/C9H15N3O/c1-3-7-12(4-2)8-9(13)11-6-5-10-8/h5-6H,3-4,7H2,1-2H3,(H,11,13). The van der Waals surface area contributed by atoms with Gasteiger partial charge in [-0.05, 0) is 13.3 Å². The molecule has 0 radical (unpaired) electrons. The Morgan fingerprint density at radius 1 is 1.54 bits per heavy atom. The molecule has 0 unspecified atom stereocenters. The number of rotatable bonds is 4. The number of anilines is 1. The molecule has 0 bridgehead atoms. The van der Waals surface area contributed by atoms with E-state index in [1.807, 2.05) is 11.8 Å². The lowest BCUT2D eigenvalue weighted by Gasteiger charge is -2.19. The smallest absolute Gasteiger partial charge is 0.290 e. The molecule has 1 aromatic rings. The van der Waals surface area contributed by atoms with Crippen LogP contribution in [-0.2, 0) is 0 Å². The molecule has 0 fully saturated rings. The first-order chi connectivity index (χ1) is 6.29. The van der Waals surface area contributed by atoms with Crippen LogP contribution in [-0.4, -0.2) is 23.1 Å². The van der Waals surface area contributed by atoms with Crippen LogP contribution in [0.15, 0.2) is 17.2 Å². The number of hydrogen-bond acceptors (Lipinski definition) is 3. The fourth-order valence-electron chi connectivity index (χ4n) is 1.25. The third-order valence-electron chi connectivity index (χ3n) is 1.86. The Morgan fingerprint density at radius 3 is 2.85 bits per heavy atom. The topological polar surface area (TPSA) is 49.0 Å². The minimum Gasteiger partial charge on any atom is -0.352 e. The van der Waals surface area contributed by atoms with E-state index in [1.165, 1.54) is 0 Å². The van der Waals surface area contributed by atoms with Crippen LogP contribution >= 0.6 is 0 Å². The van der Waals surface area contributed by atoms with Crippen molar-refractivity contribution in [1.29, 1.82) is 0 Å². The average Bonchev–Trinajstić information content (AvgIpc) is 2.16. The molecule has 1 N–H and O–H groups in total. The summed E-state index contributed by atoms with van der Waals surface area (Å²) in [5.74, 6) is 0.520. The summed E-state index contributed by atoms with van der Waals surface area (Å²) < 4.78 is 0. The predicted molar refractivity (Wildman–Crippen MR) is 53.0 cm³/mol. The molecular formula is C9H15N3O. The van der Waals surface area contributed by atoms with E-state index in [4.69, 9.17) is 0 Å². The molecule has 0 aromatic carbocycles. The van der Waals surface area contributed by atoms with Crippen LogP contribution in [0.3, 0.4) is 0 Å². The molecule has 0 atom stereocenters. The van der Waals surface area contributed by atoms with Crippen molar-refractivity contribution in [3.8, 4) is 0 Å². The van der Waals surface area contributed by atoms with E-state index in [1.54, 1.807) is 12.4 Å². The van der Waals surface area contributed by atoms with Gasteiger partial charge in [-0.2, -0.15) is 0 Å². The number of nitrogens with one attached hydrogen (secondary N) is 1. The van der Waals surface area contributed by atoms with E-state index < -0.39 is 0 Å². The van der Waals surface area contributed by atoms with Crippen LogP contribution in [0.5, 0.6) is 0 Å². The quantitative estimate of drug-likeness (QED) is 0.754. The minimum absolute atomic E-state index is 0.113. The molecule has 4 nitrogen and oxygen atoms in total. The number of aromatic amines is 1. The third-order valence-corrected chi connectivity index (χ3v) is 1.86. The van der Waals surface area contributed by atoms with Crippen molar-refractivity contribution < 1.29 is 0 Å². The van der Waals surface area contributed by atoms with E-state index >= 15 is 0 Å². The molecule has 0 saturated heterocycles. The van der Waals surface area contributed by atoms with Crippen LogP contribution in [0.4, 0.5) is 5.82 Å². The van der Waals surface area contributed by atoms with E-state index in [0.717, 1.165) is 19.5 Å². The van der Waals surface area contributed by atoms with Gasteiger partial charge >= 0.3 is 0 Å². The number of nitrogens with zero attached hydrogens (tertiary/aromatic N) is 2. The van der Waals surface area contributed by atoms with E-state index in [-0.39, 0.29) is 5.56 Å². The van der Waals surface area contributed by atoms with Crippen LogP contribution in [0, 0.1) is 0 Å². The zero-order valence-electron chi connectivity index (χ0n) is 8.08. The summed E-state index contributed by atoms with van der Waals surface area (Å²) in [7, 11) is 0. The van der Waals surface area contributed by atoms with E-state index in [0.29, 0.717) is 5.82 Å². The molecule has 0 aliphatic rings. The van der Waals surface area contributed by atoms with Gasteiger partial charge in [0.25, 0.3) is 5.56 Å². The lowest BCUT2D eigenvalue weighted by molar-refractivity contribution is 0.770. The summed E-state index contributed by atoms with van der Waals surface area (Å²) in [6.07, 6.45) is 4.17. The van der Waals surface area contributed by atoms with Crippen LogP contribution in [0.1, 0.15) is 20.3 Å². The molecule has 0 saturated carbocycles. The Morgan fingerprint density at radius 2 is 2.31 bits per heavy atom. The van der Waals surface area contributed by atoms with Gasteiger partial charge in [0.1, 0.15) is 0 Å². The first-order valence-corrected chi connectivity index (χ1v) is 4.58. The maximum absolute atomic E-state index is 11.3. The summed E-state index contributed by atoms with van der Waals surface area (Å²) in [5.41, 5.74) is -0.113. The highest BCUT2D eigenvalue weighted by Gasteiger charge is 2.07. The van der Waals surface area contributed by atoms with Crippen LogP contribution in [0.25, 0.3) is 0 Å². The lowest BCUT2D eigenvalue weighted by atomic mass is 10.4. The molecule has 0 spiro atoms. The summed E-state index contributed by atoms with van der Waals surface area (Å²) in [4.78, 5) is 20.0. The highest BCUT2D eigenvalue weighted by atomic mass is 16.1.